The molecule has 13 heavy (non-hydrogen) atoms. The first-order valence-corrected chi connectivity index (χ1v) is 5.51. The summed E-state index contributed by atoms with van der Waals surface area (Å²) in [6, 6.07) is 4.38. The van der Waals surface area contributed by atoms with Crippen LogP contribution in [0.2, 0.25) is 0 Å². The number of hydrogen-bond donors (Lipinski definition) is 1. The Morgan fingerprint density at radius 2 is 2.15 bits per heavy atom. The Balaban J connectivity index is 2.37. The minimum absolute atomic E-state index is 0.241. The lowest BCUT2D eigenvalue weighted by molar-refractivity contribution is 0.299. The van der Waals surface area contributed by atoms with Gasteiger partial charge in [0.05, 0.1) is 0 Å². The van der Waals surface area contributed by atoms with Gasteiger partial charge in [-0.1, -0.05) is 22.0 Å². The van der Waals surface area contributed by atoms with Crippen molar-refractivity contribution in [1.82, 2.24) is 0 Å². The molecule has 0 unspecified atom stereocenters. The molecule has 0 amide bonds. The Morgan fingerprint density at radius 3 is 2.92 bits per heavy atom. The molecular formula is C11H13BrO. The molecule has 1 aromatic carbocycles. The monoisotopic (exact) mass is 240 g/mol. The first kappa shape index (κ1) is 9.22. The van der Waals surface area contributed by atoms with Crippen molar-refractivity contribution in [3.05, 3.63) is 33.3 Å². The van der Waals surface area contributed by atoms with Crippen LogP contribution in [0.3, 0.4) is 0 Å². The third kappa shape index (κ3) is 1.79. The summed E-state index contributed by atoms with van der Waals surface area (Å²) in [5, 5.41) is 8.84. The third-order valence-electron chi connectivity index (χ3n) is 2.62. The van der Waals surface area contributed by atoms with Crippen LogP contribution in [0.15, 0.2) is 16.6 Å². The summed E-state index contributed by atoms with van der Waals surface area (Å²) in [5.74, 6) is 0. The van der Waals surface area contributed by atoms with E-state index in [0.717, 1.165) is 6.42 Å². The van der Waals surface area contributed by atoms with E-state index in [9.17, 15) is 0 Å². The summed E-state index contributed by atoms with van der Waals surface area (Å²) in [7, 11) is 0. The molecule has 0 saturated carbocycles. The van der Waals surface area contributed by atoms with Gasteiger partial charge >= 0.3 is 0 Å². The normalized spacial score (nSPS) is 14.6. The fourth-order valence-corrected chi connectivity index (χ4v) is 2.73. The number of rotatable bonds is 2. The van der Waals surface area contributed by atoms with E-state index in [2.05, 4.69) is 28.1 Å². The summed E-state index contributed by atoms with van der Waals surface area (Å²) in [6.07, 6.45) is 4.45. The lowest BCUT2D eigenvalue weighted by atomic mass is 10.0. The molecule has 2 rings (SSSR count). The number of fused-ring (bicyclic) bond motifs is 1. The SMILES string of the molecule is OCCc1cc(Br)c2c(c1)CCC2. The standard InChI is InChI=1S/C11H13BrO/c12-11-7-8(4-5-13)6-9-2-1-3-10(9)11/h6-7,13H,1-5H2. The number of aliphatic hydroxyl groups excluding tert-OH is 1. The molecular weight excluding hydrogens is 228 g/mol. The van der Waals surface area contributed by atoms with Crippen LogP contribution >= 0.6 is 15.9 Å². The number of benzene rings is 1. The maximum Gasteiger partial charge on any atom is 0.0471 e. The quantitative estimate of drug-likeness (QED) is 0.843. The van der Waals surface area contributed by atoms with Crippen LogP contribution in [0.5, 0.6) is 0 Å². The molecule has 1 N–H and O–H groups in total. The lowest BCUT2D eigenvalue weighted by Crippen LogP contribution is -1.94. The predicted octanol–water partition coefficient (Wildman–Crippen LogP) is 2.47. The van der Waals surface area contributed by atoms with Crippen molar-refractivity contribution in [2.24, 2.45) is 0 Å². The van der Waals surface area contributed by atoms with Gasteiger partial charge in [0.2, 0.25) is 0 Å². The molecule has 70 valence electrons. The first-order chi connectivity index (χ1) is 6.31. The highest BCUT2D eigenvalue weighted by atomic mass is 79.9. The van der Waals surface area contributed by atoms with Crippen LogP contribution in [0.4, 0.5) is 0 Å². The molecule has 1 nitrogen and oxygen atoms in total. The fourth-order valence-electron chi connectivity index (χ4n) is 1.99. The summed E-state index contributed by atoms with van der Waals surface area (Å²) in [5.41, 5.74) is 4.19. The minimum atomic E-state index is 0.241. The Morgan fingerprint density at radius 1 is 1.31 bits per heavy atom. The molecule has 0 atom stereocenters. The molecule has 0 bridgehead atoms. The molecule has 0 radical (unpaired) electrons. The van der Waals surface area contributed by atoms with Crippen LogP contribution in [0, 0.1) is 0 Å². The van der Waals surface area contributed by atoms with E-state index in [0.29, 0.717) is 0 Å². The predicted molar refractivity (Wildman–Crippen MR) is 57.0 cm³/mol. The topological polar surface area (TPSA) is 20.2 Å². The van der Waals surface area contributed by atoms with E-state index in [-0.39, 0.29) is 6.61 Å². The minimum Gasteiger partial charge on any atom is -0.396 e. The second-order valence-electron chi connectivity index (χ2n) is 3.54. The average Bonchev–Trinajstić information content (AvgIpc) is 2.53. The fraction of sp³-hybridized carbons (Fsp3) is 0.455. The third-order valence-corrected chi connectivity index (χ3v) is 3.33. The zero-order valence-corrected chi connectivity index (χ0v) is 9.10. The van der Waals surface area contributed by atoms with Crippen molar-refractivity contribution in [3.8, 4) is 0 Å². The average molecular weight is 241 g/mol. The van der Waals surface area contributed by atoms with Gasteiger partial charge in [0.15, 0.2) is 0 Å². The smallest absolute Gasteiger partial charge is 0.0471 e. The second-order valence-corrected chi connectivity index (χ2v) is 4.40. The number of aryl methyl sites for hydroxylation is 1. The zero-order chi connectivity index (χ0) is 9.26. The Hall–Kier alpha value is -0.340. The van der Waals surface area contributed by atoms with Gasteiger partial charge in [-0.3, -0.25) is 0 Å². The molecule has 0 aliphatic heterocycles. The van der Waals surface area contributed by atoms with E-state index in [1.807, 2.05) is 0 Å². The van der Waals surface area contributed by atoms with Crippen molar-refractivity contribution >= 4 is 15.9 Å². The van der Waals surface area contributed by atoms with Gasteiger partial charge in [0.1, 0.15) is 0 Å². The second kappa shape index (κ2) is 3.81. The van der Waals surface area contributed by atoms with Gasteiger partial charge in [-0.2, -0.15) is 0 Å². The van der Waals surface area contributed by atoms with Crippen LogP contribution in [0.25, 0.3) is 0 Å². The van der Waals surface area contributed by atoms with Crippen LogP contribution < -0.4 is 0 Å². The van der Waals surface area contributed by atoms with Gasteiger partial charge in [0.25, 0.3) is 0 Å². The Kier molecular flexibility index (Phi) is 2.70. The van der Waals surface area contributed by atoms with Gasteiger partial charge in [-0.15, -0.1) is 0 Å². The largest absolute Gasteiger partial charge is 0.396 e. The zero-order valence-electron chi connectivity index (χ0n) is 7.52. The van der Waals surface area contributed by atoms with Crippen molar-refractivity contribution in [2.75, 3.05) is 6.61 Å². The van der Waals surface area contributed by atoms with E-state index >= 15 is 0 Å². The molecule has 2 heteroatoms. The molecule has 0 heterocycles. The van der Waals surface area contributed by atoms with Gasteiger partial charge in [-0.05, 0) is 48.4 Å². The van der Waals surface area contributed by atoms with Crippen molar-refractivity contribution in [3.63, 3.8) is 0 Å². The van der Waals surface area contributed by atoms with E-state index < -0.39 is 0 Å². The van der Waals surface area contributed by atoms with Crippen LogP contribution in [-0.4, -0.2) is 11.7 Å². The Labute approximate surface area is 86.9 Å². The maximum atomic E-state index is 8.84. The summed E-state index contributed by atoms with van der Waals surface area (Å²) in [6.45, 7) is 0.241. The molecule has 0 saturated heterocycles. The highest BCUT2D eigenvalue weighted by Crippen LogP contribution is 2.30. The van der Waals surface area contributed by atoms with E-state index in [1.165, 1.54) is 40.4 Å². The van der Waals surface area contributed by atoms with Crippen molar-refractivity contribution in [1.29, 1.82) is 0 Å². The highest BCUT2D eigenvalue weighted by Gasteiger charge is 2.14. The van der Waals surface area contributed by atoms with Crippen LogP contribution in [-0.2, 0) is 19.3 Å². The maximum absolute atomic E-state index is 8.84. The van der Waals surface area contributed by atoms with Crippen molar-refractivity contribution < 1.29 is 5.11 Å². The van der Waals surface area contributed by atoms with Crippen LogP contribution in [0.1, 0.15) is 23.1 Å². The molecule has 1 aliphatic rings. The summed E-state index contributed by atoms with van der Waals surface area (Å²) >= 11 is 3.59. The molecule has 1 aromatic rings. The van der Waals surface area contributed by atoms with E-state index in [1.54, 1.807) is 0 Å². The van der Waals surface area contributed by atoms with E-state index in [4.69, 9.17) is 5.11 Å². The van der Waals surface area contributed by atoms with Crippen molar-refractivity contribution in [2.45, 2.75) is 25.7 Å². The van der Waals surface area contributed by atoms with Gasteiger partial charge < -0.3 is 5.11 Å². The number of hydrogen-bond acceptors (Lipinski definition) is 1. The molecule has 1 aliphatic carbocycles. The molecule has 0 fully saturated rings. The first-order valence-electron chi connectivity index (χ1n) is 4.72. The number of halogens is 1. The lowest BCUT2D eigenvalue weighted by Gasteiger charge is -2.06. The summed E-state index contributed by atoms with van der Waals surface area (Å²) in [4.78, 5) is 0. The number of aliphatic hydroxyl groups is 1. The molecule has 0 aromatic heterocycles. The van der Waals surface area contributed by atoms with Gasteiger partial charge in [0, 0.05) is 11.1 Å². The molecule has 0 spiro atoms. The highest BCUT2D eigenvalue weighted by molar-refractivity contribution is 9.10. The Bertz CT molecular complexity index is 320. The van der Waals surface area contributed by atoms with Gasteiger partial charge in [-0.25, -0.2) is 0 Å². The summed E-state index contributed by atoms with van der Waals surface area (Å²) < 4.78 is 1.23.